The molecule has 13 heavy (non-hydrogen) atoms. The molecule has 0 amide bonds. The molecule has 1 aromatic carbocycles. The van der Waals surface area contributed by atoms with E-state index < -0.39 is 0 Å². The van der Waals surface area contributed by atoms with Crippen LogP contribution >= 0.6 is 0 Å². The first-order valence-corrected chi connectivity index (χ1v) is 4.17. The van der Waals surface area contributed by atoms with Crippen LogP contribution in [0.1, 0.15) is 0 Å². The van der Waals surface area contributed by atoms with Crippen molar-refractivity contribution >= 4 is 0 Å². The maximum atomic E-state index is 8.76. The molecule has 0 saturated heterocycles. The van der Waals surface area contributed by atoms with Gasteiger partial charge in [0.25, 0.3) is 0 Å². The molecule has 1 aromatic rings. The maximum absolute atomic E-state index is 8.76. The van der Waals surface area contributed by atoms with E-state index in [-0.39, 0.29) is 19.1 Å². The highest BCUT2D eigenvalue weighted by atomic mass is 16.5. The number of aliphatic hydroxyl groups excluding tert-OH is 2. The normalized spacial score (nSPS) is 10.4. The van der Waals surface area contributed by atoms with Crippen molar-refractivity contribution in [2.45, 2.75) is 0 Å². The van der Waals surface area contributed by atoms with E-state index in [1.807, 2.05) is 0 Å². The molecule has 0 aromatic heterocycles. The monoisotopic (exact) mass is 181 g/mol. The minimum Gasteiger partial charge on any atom is -0.493 e. The van der Waals surface area contributed by atoms with Crippen molar-refractivity contribution < 1.29 is 14.9 Å². The first-order valence-electron chi connectivity index (χ1n) is 4.17. The summed E-state index contributed by atoms with van der Waals surface area (Å²) in [6, 6.07) is 9.94. The molecular formula is C10H13O3. The Hall–Kier alpha value is -1.06. The largest absolute Gasteiger partial charge is 0.493 e. The van der Waals surface area contributed by atoms with Crippen molar-refractivity contribution in [2.75, 3.05) is 19.8 Å². The fourth-order valence-corrected chi connectivity index (χ4v) is 0.845. The zero-order chi connectivity index (χ0) is 9.52. The molecule has 0 saturated carbocycles. The second-order valence-corrected chi connectivity index (χ2v) is 2.78. The first kappa shape index (κ1) is 10.0. The molecule has 0 unspecified atom stereocenters. The molecule has 0 fully saturated rings. The first-order chi connectivity index (χ1) is 6.36. The molecule has 0 heterocycles. The van der Waals surface area contributed by atoms with Crippen molar-refractivity contribution in [2.24, 2.45) is 5.92 Å². The van der Waals surface area contributed by atoms with Crippen LogP contribution in [0.4, 0.5) is 0 Å². The standard InChI is InChI=1S/C10H13O3/c11-6-9(7-12)8-13-10-4-2-1-3-5-10/h2-5,9,11-12H,6-8H2. The Labute approximate surface area is 77.6 Å². The molecule has 3 heteroatoms. The van der Waals surface area contributed by atoms with E-state index in [2.05, 4.69) is 6.07 Å². The Balaban J connectivity index is 2.34. The second kappa shape index (κ2) is 5.56. The highest BCUT2D eigenvalue weighted by Crippen LogP contribution is 2.09. The average Bonchev–Trinajstić information content (AvgIpc) is 2.21. The lowest BCUT2D eigenvalue weighted by atomic mass is 10.2. The predicted octanol–water partition coefficient (Wildman–Crippen LogP) is 0.466. The van der Waals surface area contributed by atoms with E-state index in [1.165, 1.54) is 0 Å². The zero-order valence-electron chi connectivity index (χ0n) is 7.31. The van der Waals surface area contributed by atoms with Gasteiger partial charge in [0.1, 0.15) is 5.75 Å². The van der Waals surface area contributed by atoms with Gasteiger partial charge >= 0.3 is 0 Å². The molecule has 71 valence electrons. The van der Waals surface area contributed by atoms with Crippen molar-refractivity contribution in [3.8, 4) is 5.75 Å². The topological polar surface area (TPSA) is 49.7 Å². The van der Waals surface area contributed by atoms with Crippen LogP contribution in [0.5, 0.6) is 5.75 Å². The molecule has 0 spiro atoms. The molecule has 0 aliphatic heterocycles. The van der Waals surface area contributed by atoms with Crippen LogP contribution < -0.4 is 4.74 Å². The van der Waals surface area contributed by atoms with Gasteiger partial charge in [0.15, 0.2) is 0 Å². The summed E-state index contributed by atoms with van der Waals surface area (Å²) in [5.74, 6) is 0.523. The van der Waals surface area contributed by atoms with Crippen LogP contribution in [0.2, 0.25) is 0 Å². The minimum absolute atomic E-state index is 0.0601. The van der Waals surface area contributed by atoms with E-state index in [1.54, 1.807) is 24.3 Å². The summed E-state index contributed by atoms with van der Waals surface area (Å²) >= 11 is 0. The van der Waals surface area contributed by atoms with Gasteiger partial charge in [0.05, 0.1) is 19.8 Å². The SMILES string of the molecule is OCC(CO)COc1cc[c]cc1. The fourth-order valence-electron chi connectivity index (χ4n) is 0.845. The van der Waals surface area contributed by atoms with Crippen LogP contribution in [0.3, 0.4) is 0 Å². The smallest absolute Gasteiger partial charge is 0.119 e. The van der Waals surface area contributed by atoms with Gasteiger partial charge in [-0.05, 0) is 18.2 Å². The molecule has 1 radical (unpaired) electrons. The van der Waals surface area contributed by atoms with Gasteiger partial charge in [-0.25, -0.2) is 0 Å². The minimum atomic E-state index is -0.204. The van der Waals surface area contributed by atoms with Crippen molar-refractivity contribution in [3.05, 3.63) is 30.3 Å². The number of ether oxygens (including phenoxy) is 1. The summed E-state index contributed by atoms with van der Waals surface area (Å²) in [6.07, 6.45) is 0. The van der Waals surface area contributed by atoms with Gasteiger partial charge in [-0.3, -0.25) is 0 Å². The van der Waals surface area contributed by atoms with Gasteiger partial charge in [0, 0.05) is 5.92 Å². The highest BCUT2D eigenvalue weighted by Gasteiger charge is 2.05. The lowest BCUT2D eigenvalue weighted by Gasteiger charge is -2.11. The Morgan fingerprint density at radius 3 is 2.38 bits per heavy atom. The lowest BCUT2D eigenvalue weighted by molar-refractivity contribution is 0.106. The van der Waals surface area contributed by atoms with Crippen molar-refractivity contribution in [1.29, 1.82) is 0 Å². The third kappa shape index (κ3) is 3.44. The summed E-state index contributed by atoms with van der Waals surface area (Å²) < 4.78 is 5.31. The molecular weight excluding hydrogens is 168 g/mol. The molecule has 0 aliphatic carbocycles. The summed E-state index contributed by atoms with van der Waals surface area (Å²) in [5.41, 5.74) is 0. The van der Waals surface area contributed by atoms with E-state index in [9.17, 15) is 0 Å². The van der Waals surface area contributed by atoms with Gasteiger partial charge < -0.3 is 14.9 Å². The summed E-state index contributed by atoms with van der Waals surface area (Å²) in [4.78, 5) is 0. The van der Waals surface area contributed by atoms with E-state index >= 15 is 0 Å². The molecule has 0 aliphatic rings. The predicted molar refractivity (Wildman–Crippen MR) is 48.4 cm³/mol. The number of aliphatic hydroxyl groups is 2. The third-order valence-electron chi connectivity index (χ3n) is 1.69. The second-order valence-electron chi connectivity index (χ2n) is 2.78. The van der Waals surface area contributed by atoms with Crippen LogP contribution in [-0.4, -0.2) is 30.0 Å². The Morgan fingerprint density at radius 2 is 1.85 bits per heavy atom. The van der Waals surface area contributed by atoms with Gasteiger partial charge in [0.2, 0.25) is 0 Å². The zero-order valence-corrected chi connectivity index (χ0v) is 7.31. The van der Waals surface area contributed by atoms with Crippen LogP contribution in [0.25, 0.3) is 0 Å². The van der Waals surface area contributed by atoms with Crippen molar-refractivity contribution in [3.63, 3.8) is 0 Å². The Bertz CT molecular complexity index is 219. The number of hydrogen-bond donors (Lipinski definition) is 2. The van der Waals surface area contributed by atoms with E-state index in [0.29, 0.717) is 6.61 Å². The summed E-state index contributed by atoms with van der Waals surface area (Å²) in [6.45, 7) is 0.210. The summed E-state index contributed by atoms with van der Waals surface area (Å²) in [7, 11) is 0. The number of rotatable bonds is 5. The van der Waals surface area contributed by atoms with E-state index in [0.717, 1.165) is 5.75 Å². The van der Waals surface area contributed by atoms with Gasteiger partial charge in [-0.2, -0.15) is 0 Å². The summed E-state index contributed by atoms with van der Waals surface area (Å²) in [5, 5.41) is 17.5. The van der Waals surface area contributed by atoms with Crippen LogP contribution in [-0.2, 0) is 0 Å². The Morgan fingerprint density at radius 1 is 1.23 bits per heavy atom. The van der Waals surface area contributed by atoms with Gasteiger partial charge in [-0.15, -0.1) is 0 Å². The highest BCUT2D eigenvalue weighted by molar-refractivity contribution is 5.20. The number of benzene rings is 1. The molecule has 0 atom stereocenters. The van der Waals surface area contributed by atoms with Crippen molar-refractivity contribution in [1.82, 2.24) is 0 Å². The molecule has 2 N–H and O–H groups in total. The molecule has 1 rings (SSSR count). The molecule has 0 bridgehead atoms. The van der Waals surface area contributed by atoms with E-state index in [4.69, 9.17) is 14.9 Å². The van der Waals surface area contributed by atoms with Crippen LogP contribution in [0.15, 0.2) is 24.3 Å². The number of hydrogen-bond acceptors (Lipinski definition) is 3. The maximum Gasteiger partial charge on any atom is 0.119 e. The quantitative estimate of drug-likeness (QED) is 0.694. The Kier molecular flexibility index (Phi) is 4.29. The van der Waals surface area contributed by atoms with Crippen LogP contribution in [0, 0.1) is 12.0 Å². The molecule has 3 nitrogen and oxygen atoms in total. The lowest BCUT2D eigenvalue weighted by Crippen LogP contribution is -2.19. The third-order valence-corrected chi connectivity index (χ3v) is 1.69. The van der Waals surface area contributed by atoms with Gasteiger partial charge in [-0.1, -0.05) is 12.1 Å². The fraction of sp³-hybridized carbons (Fsp3) is 0.400. The average molecular weight is 181 g/mol.